The topological polar surface area (TPSA) is 75.3 Å². The minimum atomic E-state index is -4.43. The Morgan fingerprint density at radius 1 is 1.00 bits per heavy atom. The minimum absolute atomic E-state index is 0.147. The SMILES string of the molecule is Cc1cccc(C(=O)Nc2ccc3c(c2)CC(CNS(C)(=O)=O)C3)c1-c1ccc(C(F)(F)F)cc1. The maximum Gasteiger partial charge on any atom is 0.416 e. The van der Waals surface area contributed by atoms with Crippen molar-refractivity contribution in [1.82, 2.24) is 4.72 Å². The predicted octanol–water partition coefficient (Wildman–Crippen LogP) is 5.20. The number of benzene rings is 3. The molecule has 4 rings (SSSR count). The van der Waals surface area contributed by atoms with Crippen LogP contribution < -0.4 is 10.0 Å². The number of carbonyl (C=O) groups is 1. The molecule has 1 amide bonds. The van der Waals surface area contributed by atoms with Crippen LogP contribution in [0.4, 0.5) is 18.9 Å². The van der Waals surface area contributed by atoms with E-state index in [-0.39, 0.29) is 11.8 Å². The average molecular weight is 503 g/mol. The molecule has 0 spiro atoms. The van der Waals surface area contributed by atoms with Crippen molar-refractivity contribution < 1.29 is 26.4 Å². The molecular weight excluding hydrogens is 477 g/mol. The Morgan fingerprint density at radius 2 is 1.69 bits per heavy atom. The first-order chi connectivity index (χ1) is 16.4. The van der Waals surface area contributed by atoms with E-state index < -0.39 is 21.8 Å². The number of sulfonamides is 1. The van der Waals surface area contributed by atoms with Crippen LogP contribution in [0.15, 0.2) is 60.7 Å². The van der Waals surface area contributed by atoms with Gasteiger partial charge in [0.1, 0.15) is 0 Å². The molecule has 0 saturated carbocycles. The van der Waals surface area contributed by atoms with Crippen molar-refractivity contribution in [3.8, 4) is 11.1 Å². The van der Waals surface area contributed by atoms with E-state index in [0.717, 1.165) is 41.5 Å². The molecule has 1 atom stereocenters. The number of hydrogen-bond acceptors (Lipinski definition) is 3. The van der Waals surface area contributed by atoms with E-state index >= 15 is 0 Å². The molecule has 1 unspecified atom stereocenters. The normalized spacial score (nSPS) is 15.6. The van der Waals surface area contributed by atoms with Gasteiger partial charge in [0, 0.05) is 17.8 Å². The lowest BCUT2D eigenvalue weighted by Gasteiger charge is -2.15. The number of alkyl halides is 3. The lowest BCUT2D eigenvalue weighted by molar-refractivity contribution is -0.137. The van der Waals surface area contributed by atoms with Gasteiger partial charge >= 0.3 is 6.18 Å². The largest absolute Gasteiger partial charge is 0.416 e. The zero-order valence-electron chi connectivity index (χ0n) is 19.2. The Labute approximate surface area is 202 Å². The second-order valence-electron chi connectivity index (χ2n) is 8.91. The van der Waals surface area contributed by atoms with Gasteiger partial charge in [0.15, 0.2) is 0 Å². The van der Waals surface area contributed by atoms with E-state index in [9.17, 15) is 26.4 Å². The number of carbonyl (C=O) groups excluding carboxylic acids is 1. The zero-order valence-corrected chi connectivity index (χ0v) is 20.1. The molecule has 0 aliphatic heterocycles. The van der Waals surface area contributed by atoms with Crippen LogP contribution in [0, 0.1) is 12.8 Å². The second-order valence-corrected chi connectivity index (χ2v) is 10.7. The fourth-order valence-corrected chi connectivity index (χ4v) is 5.00. The summed E-state index contributed by atoms with van der Waals surface area (Å²) < 4.78 is 64.2. The van der Waals surface area contributed by atoms with Gasteiger partial charge in [-0.15, -0.1) is 0 Å². The maximum absolute atomic E-state index is 13.2. The highest BCUT2D eigenvalue weighted by molar-refractivity contribution is 7.88. The summed E-state index contributed by atoms with van der Waals surface area (Å²) in [4.78, 5) is 13.2. The highest BCUT2D eigenvalue weighted by Gasteiger charge is 2.30. The predicted molar refractivity (Wildman–Crippen MR) is 130 cm³/mol. The van der Waals surface area contributed by atoms with Crippen molar-refractivity contribution in [1.29, 1.82) is 0 Å². The number of rotatable bonds is 6. The minimum Gasteiger partial charge on any atom is -0.322 e. The molecule has 184 valence electrons. The molecule has 35 heavy (non-hydrogen) atoms. The van der Waals surface area contributed by atoms with E-state index in [1.54, 1.807) is 18.2 Å². The van der Waals surface area contributed by atoms with Gasteiger partial charge in [-0.2, -0.15) is 13.2 Å². The van der Waals surface area contributed by atoms with E-state index in [2.05, 4.69) is 10.0 Å². The van der Waals surface area contributed by atoms with Crippen LogP contribution in [0.5, 0.6) is 0 Å². The number of fused-ring (bicyclic) bond motifs is 1. The molecule has 0 radical (unpaired) electrons. The van der Waals surface area contributed by atoms with Crippen LogP contribution in [0.3, 0.4) is 0 Å². The molecule has 0 saturated heterocycles. The van der Waals surface area contributed by atoms with Gasteiger partial charge in [0.05, 0.1) is 11.8 Å². The van der Waals surface area contributed by atoms with Crippen LogP contribution >= 0.6 is 0 Å². The van der Waals surface area contributed by atoms with Crippen molar-refractivity contribution in [2.24, 2.45) is 5.92 Å². The van der Waals surface area contributed by atoms with E-state index in [4.69, 9.17) is 0 Å². The van der Waals surface area contributed by atoms with Crippen molar-refractivity contribution in [3.05, 3.63) is 88.5 Å². The molecule has 3 aromatic rings. The number of nitrogens with one attached hydrogen (secondary N) is 2. The first-order valence-corrected chi connectivity index (χ1v) is 12.9. The smallest absolute Gasteiger partial charge is 0.322 e. The summed E-state index contributed by atoms with van der Waals surface area (Å²) in [5.41, 5.74) is 4.25. The van der Waals surface area contributed by atoms with Crippen LogP contribution in [0.25, 0.3) is 11.1 Å². The zero-order chi connectivity index (χ0) is 25.4. The molecular formula is C26H25F3N2O3S. The van der Waals surface area contributed by atoms with Crippen molar-refractivity contribution in [3.63, 3.8) is 0 Å². The number of anilines is 1. The Hall–Kier alpha value is -3.17. The van der Waals surface area contributed by atoms with Gasteiger partial charge < -0.3 is 5.32 Å². The summed E-state index contributed by atoms with van der Waals surface area (Å²) in [6.07, 6.45) is -1.85. The number of amides is 1. The van der Waals surface area contributed by atoms with Crippen LogP contribution in [-0.2, 0) is 29.0 Å². The Kier molecular flexibility index (Phi) is 6.75. The Morgan fingerprint density at radius 3 is 2.34 bits per heavy atom. The van der Waals surface area contributed by atoms with E-state index in [1.165, 1.54) is 12.1 Å². The lowest BCUT2D eigenvalue weighted by Crippen LogP contribution is -2.28. The average Bonchev–Trinajstić information content (AvgIpc) is 3.19. The summed E-state index contributed by atoms with van der Waals surface area (Å²) in [6, 6.07) is 15.6. The lowest BCUT2D eigenvalue weighted by atomic mass is 9.93. The molecule has 3 aromatic carbocycles. The Balaban J connectivity index is 1.54. The molecule has 9 heteroatoms. The fourth-order valence-electron chi connectivity index (χ4n) is 4.47. The molecule has 0 fully saturated rings. The second kappa shape index (κ2) is 9.47. The molecule has 0 heterocycles. The molecule has 0 bridgehead atoms. The van der Waals surface area contributed by atoms with Gasteiger partial charge in [-0.05, 0) is 83.8 Å². The first kappa shape index (κ1) is 24.9. The standard InChI is InChI=1S/C26H25F3N2O3S/c1-16-4-3-5-23(24(16)18-6-9-21(10-7-18)26(27,28)29)25(32)31-22-11-8-19-12-17(13-20(19)14-22)15-30-35(2,33)34/h3-11,14,17,30H,12-13,15H2,1-2H3,(H,31,32). The third-order valence-corrected chi connectivity index (χ3v) is 6.82. The third kappa shape index (κ3) is 5.91. The summed E-state index contributed by atoms with van der Waals surface area (Å²) in [5.74, 6) is -0.217. The summed E-state index contributed by atoms with van der Waals surface area (Å²) in [5, 5.41) is 2.90. The van der Waals surface area contributed by atoms with Crippen LogP contribution in [0.2, 0.25) is 0 Å². The van der Waals surface area contributed by atoms with Gasteiger partial charge in [0.25, 0.3) is 5.91 Å². The molecule has 1 aliphatic rings. The van der Waals surface area contributed by atoms with Gasteiger partial charge in [-0.25, -0.2) is 13.1 Å². The van der Waals surface area contributed by atoms with Gasteiger partial charge in [0.2, 0.25) is 10.0 Å². The van der Waals surface area contributed by atoms with Crippen molar-refractivity contribution in [2.75, 3.05) is 18.1 Å². The Bertz CT molecular complexity index is 1370. The van der Waals surface area contributed by atoms with Crippen molar-refractivity contribution >= 4 is 21.6 Å². The number of halogens is 3. The van der Waals surface area contributed by atoms with Crippen LogP contribution in [0.1, 0.15) is 32.6 Å². The molecule has 0 aromatic heterocycles. The summed E-state index contributed by atoms with van der Waals surface area (Å²) in [6.45, 7) is 2.17. The van der Waals surface area contributed by atoms with Gasteiger partial charge in [-0.3, -0.25) is 4.79 Å². The fraction of sp³-hybridized carbons (Fsp3) is 0.269. The van der Waals surface area contributed by atoms with Crippen LogP contribution in [-0.4, -0.2) is 27.1 Å². The third-order valence-electron chi connectivity index (χ3n) is 6.13. The summed E-state index contributed by atoms with van der Waals surface area (Å²) >= 11 is 0. The maximum atomic E-state index is 13.2. The highest BCUT2D eigenvalue weighted by atomic mass is 32.2. The molecule has 2 N–H and O–H groups in total. The quantitative estimate of drug-likeness (QED) is 0.487. The number of hydrogen-bond donors (Lipinski definition) is 2. The van der Waals surface area contributed by atoms with E-state index in [0.29, 0.717) is 35.3 Å². The molecule has 1 aliphatic carbocycles. The van der Waals surface area contributed by atoms with E-state index in [1.807, 2.05) is 25.1 Å². The van der Waals surface area contributed by atoms with Crippen molar-refractivity contribution in [2.45, 2.75) is 25.9 Å². The highest BCUT2D eigenvalue weighted by Crippen LogP contribution is 2.34. The number of aryl methyl sites for hydroxylation is 1. The monoisotopic (exact) mass is 502 g/mol. The van der Waals surface area contributed by atoms with Gasteiger partial charge in [-0.1, -0.05) is 30.3 Å². The first-order valence-electron chi connectivity index (χ1n) is 11.1. The molecule has 5 nitrogen and oxygen atoms in total. The summed E-state index contributed by atoms with van der Waals surface area (Å²) in [7, 11) is -3.26.